The van der Waals surface area contributed by atoms with Crippen LogP contribution in [0, 0.1) is 0 Å². The molecule has 0 aliphatic rings. The number of fused-ring (bicyclic) bond motifs is 1. The lowest BCUT2D eigenvalue weighted by molar-refractivity contribution is -0.136. The number of amides is 1. The monoisotopic (exact) mass is 453 g/mol. The highest BCUT2D eigenvalue weighted by molar-refractivity contribution is 5.96. The molecule has 0 aliphatic carbocycles. The second kappa shape index (κ2) is 11.3. The van der Waals surface area contributed by atoms with Crippen LogP contribution in [0.25, 0.3) is 11.0 Å². The van der Waals surface area contributed by atoms with Crippen molar-refractivity contribution in [2.24, 2.45) is 0 Å². The summed E-state index contributed by atoms with van der Waals surface area (Å²) in [4.78, 5) is 36.7. The van der Waals surface area contributed by atoms with Crippen molar-refractivity contribution in [1.82, 2.24) is 5.32 Å². The quantitative estimate of drug-likeness (QED) is 0.216. The molecule has 0 spiro atoms. The number of nitrogens with one attached hydrogen (secondary N) is 1. The summed E-state index contributed by atoms with van der Waals surface area (Å²) in [7, 11) is 1.57. The van der Waals surface area contributed by atoms with E-state index in [1.807, 2.05) is 18.2 Å². The van der Waals surface area contributed by atoms with Crippen LogP contribution in [0.2, 0.25) is 0 Å². The van der Waals surface area contributed by atoms with E-state index in [1.54, 1.807) is 25.3 Å². The zero-order chi connectivity index (χ0) is 23.8. The predicted molar refractivity (Wildman–Crippen MR) is 123 cm³/mol. The molecule has 0 bridgehead atoms. The fourth-order valence-corrected chi connectivity index (χ4v) is 3.09. The number of carbonyl (C=O) groups excluding carboxylic acids is 2. The normalized spacial score (nSPS) is 10.9. The van der Waals surface area contributed by atoms with E-state index in [-0.39, 0.29) is 23.5 Å². The maximum Gasteiger partial charge on any atom is 0.349 e. The topological polar surface area (TPSA) is 104 Å². The summed E-state index contributed by atoms with van der Waals surface area (Å²) >= 11 is 0. The summed E-state index contributed by atoms with van der Waals surface area (Å²) < 4.78 is 21.0. The second-order valence-corrected chi connectivity index (χ2v) is 7.74. The van der Waals surface area contributed by atoms with E-state index in [2.05, 4.69) is 19.2 Å². The first-order chi connectivity index (χ1) is 15.9. The molecule has 0 saturated heterocycles. The van der Waals surface area contributed by atoms with Gasteiger partial charge in [0.25, 0.3) is 5.91 Å². The molecule has 1 aromatic heterocycles. The van der Waals surface area contributed by atoms with Crippen molar-refractivity contribution in [2.45, 2.75) is 26.2 Å². The Balaban J connectivity index is 1.63. The summed E-state index contributed by atoms with van der Waals surface area (Å²) in [5.41, 5.74) is 0.436. The van der Waals surface area contributed by atoms with E-state index in [9.17, 15) is 14.4 Å². The van der Waals surface area contributed by atoms with Crippen LogP contribution in [0.1, 0.15) is 42.1 Å². The molecule has 1 N–H and O–H groups in total. The molecule has 0 fully saturated rings. The molecule has 33 heavy (non-hydrogen) atoms. The van der Waals surface area contributed by atoms with E-state index >= 15 is 0 Å². The largest absolute Gasteiger partial charge is 0.482 e. The maximum absolute atomic E-state index is 12.3. The van der Waals surface area contributed by atoms with Crippen LogP contribution in [0.4, 0.5) is 0 Å². The Hall–Kier alpha value is -3.65. The van der Waals surface area contributed by atoms with Gasteiger partial charge in [-0.3, -0.25) is 4.79 Å². The van der Waals surface area contributed by atoms with Gasteiger partial charge in [0, 0.05) is 31.7 Å². The fourth-order valence-electron chi connectivity index (χ4n) is 3.09. The van der Waals surface area contributed by atoms with E-state index in [0.29, 0.717) is 36.6 Å². The lowest BCUT2D eigenvalue weighted by Crippen LogP contribution is -2.29. The number of hydrogen-bond donors (Lipinski definition) is 1. The molecule has 174 valence electrons. The SMILES string of the molecule is COCCCNC(=O)c1cc2ccc(OC(=O)COc3cccc(C(C)C)c3)cc2oc1=O. The Labute approximate surface area is 191 Å². The van der Waals surface area contributed by atoms with Crippen molar-refractivity contribution in [1.29, 1.82) is 0 Å². The second-order valence-electron chi connectivity index (χ2n) is 7.74. The Morgan fingerprint density at radius 2 is 1.88 bits per heavy atom. The third-order valence-electron chi connectivity index (χ3n) is 4.88. The first-order valence-corrected chi connectivity index (χ1v) is 10.7. The van der Waals surface area contributed by atoms with Crippen LogP contribution >= 0.6 is 0 Å². The van der Waals surface area contributed by atoms with E-state index in [1.165, 1.54) is 12.1 Å². The minimum absolute atomic E-state index is 0.0957. The number of carbonyl (C=O) groups is 2. The highest BCUT2D eigenvalue weighted by Crippen LogP contribution is 2.22. The molecule has 1 heterocycles. The van der Waals surface area contributed by atoms with Crippen molar-refractivity contribution >= 4 is 22.8 Å². The number of rotatable bonds is 10. The van der Waals surface area contributed by atoms with Gasteiger partial charge in [-0.15, -0.1) is 0 Å². The number of esters is 1. The summed E-state index contributed by atoms with van der Waals surface area (Å²) in [6, 6.07) is 13.6. The maximum atomic E-state index is 12.3. The molecule has 3 rings (SSSR count). The lowest BCUT2D eigenvalue weighted by Gasteiger charge is -2.10. The summed E-state index contributed by atoms with van der Waals surface area (Å²) in [5.74, 6) is 0.00674. The van der Waals surface area contributed by atoms with Crippen LogP contribution in [-0.2, 0) is 9.53 Å². The van der Waals surface area contributed by atoms with Crippen molar-refractivity contribution in [3.05, 3.63) is 70.1 Å². The Morgan fingerprint density at radius 3 is 2.64 bits per heavy atom. The van der Waals surface area contributed by atoms with Crippen molar-refractivity contribution in [2.75, 3.05) is 26.9 Å². The van der Waals surface area contributed by atoms with E-state index in [0.717, 1.165) is 5.56 Å². The van der Waals surface area contributed by atoms with Crippen LogP contribution in [0.15, 0.2) is 57.7 Å². The molecule has 3 aromatic rings. The highest BCUT2D eigenvalue weighted by Gasteiger charge is 2.15. The molecule has 1 amide bonds. The standard InChI is InChI=1S/C25H27NO7/c1-16(2)17-6-4-7-19(12-17)31-15-23(27)32-20-9-8-18-13-21(25(29)33-22(18)14-20)24(28)26-10-5-11-30-3/h4,6-9,12-14,16H,5,10-11,15H2,1-3H3,(H,26,28). The smallest absolute Gasteiger partial charge is 0.349 e. The van der Waals surface area contributed by atoms with Gasteiger partial charge in [-0.2, -0.15) is 0 Å². The highest BCUT2D eigenvalue weighted by atomic mass is 16.6. The number of methoxy groups -OCH3 is 1. The van der Waals surface area contributed by atoms with Gasteiger partial charge in [-0.1, -0.05) is 26.0 Å². The van der Waals surface area contributed by atoms with Gasteiger partial charge < -0.3 is 23.9 Å². The molecular weight excluding hydrogens is 426 g/mol. The summed E-state index contributed by atoms with van der Waals surface area (Å²) in [6.07, 6.45) is 0.628. The van der Waals surface area contributed by atoms with Gasteiger partial charge in [-0.25, -0.2) is 9.59 Å². The Bertz CT molecular complexity index is 1180. The molecular formula is C25H27NO7. The third kappa shape index (κ3) is 6.66. The van der Waals surface area contributed by atoms with Gasteiger partial charge in [0.05, 0.1) is 0 Å². The van der Waals surface area contributed by atoms with Gasteiger partial charge >= 0.3 is 11.6 Å². The minimum Gasteiger partial charge on any atom is -0.482 e. The number of benzene rings is 2. The number of ether oxygens (including phenoxy) is 3. The van der Waals surface area contributed by atoms with Gasteiger partial charge in [-0.05, 0) is 48.2 Å². The van der Waals surface area contributed by atoms with E-state index in [4.69, 9.17) is 18.6 Å². The van der Waals surface area contributed by atoms with Crippen LogP contribution in [0.3, 0.4) is 0 Å². The summed E-state index contributed by atoms with van der Waals surface area (Å²) in [6.45, 7) is 4.76. The average Bonchev–Trinajstić information content (AvgIpc) is 2.80. The third-order valence-corrected chi connectivity index (χ3v) is 4.88. The Kier molecular flexibility index (Phi) is 8.21. The molecule has 8 nitrogen and oxygen atoms in total. The molecule has 0 radical (unpaired) electrons. The first kappa shape index (κ1) is 24.0. The lowest BCUT2D eigenvalue weighted by atomic mass is 10.0. The molecule has 8 heteroatoms. The zero-order valence-electron chi connectivity index (χ0n) is 18.9. The minimum atomic E-state index is -0.774. The Morgan fingerprint density at radius 1 is 1.06 bits per heavy atom. The first-order valence-electron chi connectivity index (χ1n) is 10.7. The molecule has 2 aromatic carbocycles. The molecule has 0 saturated carbocycles. The molecule has 0 atom stereocenters. The van der Waals surface area contributed by atoms with Gasteiger partial charge in [0.1, 0.15) is 22.6 Å². The summed E-state index contributed by atoms with van der Waals surface area (Å²) in [5, 5.41) is 3.18. The van der Waals surface area contributed by atoms with Crippen LogP contribution in [0.5, 0.6) is 11.5 Å². The molecule has 0 unspecified atom stereocenters. The average molecular weight is 453 g/mol. The zero-order valence-corrected chi connectivity index (χ0v) is 18.9. The van der Waals surface area contributed by atoms with Gasteiger partial charge in [0.2, 0.25) is 0 Å². The van der Waals surface area contributed by atoms with Crippen molar-refractivity contribution in [3.63, 3.8) is 0 Å². The predicted octanol–water partition coefficient (Wildman–Crippen LogP) is 3.67. The van der Waals surface area contributed by atoms with Crippen LogP contribution < -0.4 is 20.4 Å². The number of hydrogen-bond acceptors (Lipinski definition) is 7. The van der Waals surface area contributed by atoms with Gasteiger partial charge in [0.15, 0.2) is 6.61 Å². The van der Waals surface area contributed by atoms with Crippen LogP contribution in [-0.4, -0.2) is 38.7 Å². The van der Waals surface area contributed by atoms with E-state index < -0.39 is 17.5 Å². The fraction of sp³-hybridized carbons (Fsp3) is 0.320. The van der Waals surface area contributed by atoms with Crippen molar-refractivity contribution < 1.29 is 28.2 Å². The molecule has 0 aliphatic heterocycles. The van der Waals surface area contributed by atoms with Crippen molar-refractivity contribution in [3.8, 4) is 11.5 Å².